The number of ether oxygens (including phenoxy) is 1. The van der Waals surface area contributed by atoms with Crippen molar-refractivity contribution in [3.8, 4) is 0 Å². The maximum absolute atomic E-state index is 11.8. The Morgan fingerprint density at radius 3 is 2.88 bits per heavy atom. The van der Waals surface area contributed by atoms with Gasteiger partial charge in [-0.3, -0.25) is 0 Å². The Balaban J connectivity index is 1.91. The maximum Gasteiger partial charge on any atom is 0.319 e. The van der Waals surface area contributed by atoms with E-state index in [0.29, 0.717) is 0 Å². The van der Waals surface area contributed by atoms with Gasteiger partial charge >= 0.3 is 6.03 Å². The van der Waals surface area contributed by atoms with Gasteiger partial charge in [0.05, 0.1) is 17.8 Å². The minimum atomic E-state index is -0.170. The molecule has 1 aliphatic heterocycles. The Morgan fingerprint density at radius 2 is 2.24 bits per heavy atom. The second-order valence-electron chi connectivity index (χ2n) is 4.05. The number of carbonyl (C=O) groups excluding carboxylic acids is 1. The second kappa shape index (κ2) is 5.68. The smallest absolute Gasteiger partial charge is 0.319 e. The zero-order valence-electron chi connectivity index (χ0n) is 9.57. The molecule has 1 heterocycles. The van der Waals surface area contributed by atoms with E-state index in [1.54, 1.807) is 0 Å². The van der Waals surface area contributed by atoms with Gasteiger partial charge in [-0.1, -0.05) is 12.1 Å². The highest BCUT2D eigenvalue weighted by Crippen LogP contribution is 2.17. The van der Waals surface area contributed by atoms with Crippen molar-refractivity contribution in [3.05, 3.63) is 27.8 Å². The topological polar surface area (TPSA) is 50.4 Å². The summed E-state index contributed by atoms with van der Waals surface area (Å²) in [7, 11) is 0. The van der Waals surface area contributed by atoms with Crippen LogP contribution in [0.5, 0.6) is 0 Å². The van der Waals surface area contributed by atoms with Gasteiger partial charge in [0, 0.05) is 10.2 Å². The molecule has 4 nitrogen and oxygen atoms in total. The van der Waals surface area contributed by atoms with Crippen molar-refractivity contribution in [2.45, 2.75) is 25.5 Å². The van der Waals surface area contributed by atoms with Crippen molar-refractivity contribution in [1.82, 2.24) is 5.32 Å². The summed E-state index contributed by atoms with van der Waals surface area (Å²) < 4.78 is 6.42. The average molecular weight is 346 g/mol. The van der Waals surface area contributed by atoms with Crippen LogP contribution in [0.25, 0.3) is 0 Å². The number of carbonyl (C=O) groups is 1. The van der Waals surface area contributed by atoms with Gasteiger partial charge in [-0.15, -0.1) is 0 Å². The first-order valence-electron chi connectivity index (χ1n) is 5.60. The van der Waals surface area contributed by atoms with Crippen LogP contribution in [0, 0.1) is 3.57 Å². The van der Waals surface area contributed by atoms with Crippen LogP contribution in [-0.2, 0) is 4.74 Å². The average Bonchev–Trinajstić information content (AvgIpc) is 2.68. The SMILES string of the molecule is C[C@H]1OCC[C@@H]1NC(=O)Nc1ccccc1I. The number of anilines is 1. The molecule has 1 fully saturated rings. The van der Waals surface area contributed by atoms with E-state index < -0.39 is 0 Å². The fraction of sp³-hybridized carbons (Fsp3) is 0.417. The third-order valence-electron chi connectivity index (χ3n) is 2.81. The first kappa shape index (κ1) is 12.6. The Labute approximate surface area is 114 Å². The lowest BCUT2D eigenvalue weighted by molar-refractivity contribution is 0.114. The maximum atomic E-state index is 11.8. The summed E-state index contributed by atoms with van der Waals surface area (Å²) in [5.41, 5.74) is 0.831. The molecule has 1 aromatic carbocycles. The number of urea groups is 1. The van der Waals surface area contributed by atoms with E-state index in [0.717, 1.165) is 22.3 Å². The Kier molecular flexibility index (Phi) is 4.22. The third-order valence-corrected chi connectivity index (χ3v) is 3.76. The fourth-order valence-corrected chi connectivity index (χ4v) is 2.33. The second-order valence-corrected chi connectivity index (χ2v) is 5.21. The lowest BCUT2D eigenvalue weighted by atomic mass is 10.2. The molecule has 2 N–H and O–H groups in total. The van der Waals surface area contributed by atoms with Crippen molar-refractivity contribution in [1.29, 1.82) is 0 Å². The molecule has 1 saturated heterocycles. The molecule has 0 bridgehead atoms. The quantitative estimate of drug-likeness (QED) is 0.809. The van der Waals surface area contributed by atoms with E-state index in [1.807, 2.05) is 31.2 Å². The van der Waals surface area contributed by atoms with E-state index in [2.05, 4.69) is 33.2 Å². The molecule has 17 heavy (non-hydrogen) atoms. The summed E-state index contributed by atoms with van der Waals surface area (Å²) in [5.74, 6) is 0. The predicted octanol–water partition coefficient (Wildman–Crippen LogP) is 2.59. The van der Waals surface area contributed by atoms with Crippen LogP contribution >= 0.6 is 22.6 Å². The van der Waals surface area contributed by atoms with Gasteiger partial charge in [-0.05, 0) is 48.1 Å². The van der Waals surface area contributed by atoms with Crippen molar-refractivity contribution >= 4 is 34.3 Å². The molecular formula is C12H15IN2O2. The number of hydrogen-bond acceptors (Lipinski definition) is 2. The summed E-state index contributed by atoms with van der Waals surface area (Å²) in [5, 5.41) is 5.77. The largest absolute Gasteiger partial charge is 0.376 e. The van der Waals surface area contributed by atoms with E-state index in [9.17, 15) is 4.79 Å². The Morgan fingerprint density at radius 1 is 1.47 bits per heavy atom. The van der Waals surface area contributed by atoms with Gasteiger partial charge in [0.2, 0.25) is 0 Å². The zero-order chi connectivity index (χ0) is 12.3. The molecule has 2 atom stereocenters. The minimum Gasteiger partial charge on any atom is -0.376 e. The standard InChI is InChI=1S/C12H15IN2O2/c1-8-10(6-7-17-8)14-12(16)15-11-5-3-2-4-9(11)13/h2-5,8,10H,6-7H2,1H3,(H2,14,15,16)/t8-,10+/m1/s1. The van der Waals surface area contributed by atoms with Crippen molar-refractivity contribution in [2.24, 2.45) is 0 Å². The number of halogens is 1. The number of benzene rings is 1. The number of para-hydroxylation sites is 1. The van der Waals surface area contributed by atoms with Crippen LogP contribution in [-0.4, -0.2) is 24.8 Å². The van der Waals surface area contributed by atoms with E-state index in [4.69, 9.17) is 4.74 Å². The van der Waals surface area contributed by atoms with Crippen LogP contribution in [0.1, 0.15) is 13.3 Å². The summed E-state index contributed by atoms with van der Waals surface area (Å²) in [6.07, 6.45) is 0.969. The lowest BCUT2D eigenvalue weighted by Crippen LogP contribution is -2.41. The number of nitrogens with one attached hydrogen (secondary N) is 2. The summed E-state index contributed by atoms with van der Waals surface area (Å²) >= 11 is 2.20. The molecule has 92 valence electrons. The van der Waals surface area contributed by atoms with Gasteiger partial charge in [0.1, 0.15) is 0 Å². The highest BCUT2D eigenvalue weighted by molar-refractivity contribution is 14.1. The van der Waals surface area contributed by atoms with E-state index >= 15 is 0 Å². The highest BCUT2D eigenvalue weighted by Gasteiger charge is 2.25. The molecule has 0 saturated carbocycles. The molecule has 0 radical (unpaired) electrons. The van der Waals surface area contributed by atoms with Gasteiger partial charge in [-0.25, -0.2) is 4.79 Å². The normalized spacial score (nSPS) is 23.4. The van der Waals surface area contributed by atoms with Crippen LogP contribution in [0.15, 0.2) is 24.3 Å². The van der Waals surface area contributed by atoms with Crippen LogP contribution < -0.4 is 10.6 Å². The minimum absolute atomic E-state index is 0.0931. The number of rotatable bonds is 2. The summed E-state index contributed by atoms with van der Waals surface area (Å²) in [6, 6.07) is 7.62. The van der Waals surface area contributed by atoms with Gasteiger partial charge in [0.25, 0.3) is 0 Å². The fourth-order valence-electron chi connectivity index (χ4n) is 1.81. The molecule has 5 heteroatoms. The first-order chi connectivity index (χ1) is 8.16. The van der Waals surface area contributed by atoms with Crippen LogP contribution in [0.3, 0.4) is 0 Å². The first-order valence-corrected chi connectivity index (χ1v) is 6.68. The third kappa shape index (κ3) is 3.32. The zero-order valence-corrected chi connectivity index (χ0v) is 11.7. The molecule has 1 aliphatic rings. The molecule has 0 aliphatic carbocycles. The van der Waals surface area contributed by atoms with Crippen molar-refractivity contribution < 1.29 is 9.53 Å². The number of hydrogen-bond donors (Lipinski definition) is 2. The van der Waals surface area contributed by atoms with Gasteiger partial charge in [-0.2, -0.15) is 0 Å². The lowest BCUT2D eigenvalue weighted by Gasteiger charge is -2.16. The molecular weight excluding hydrogens is 331 g/mol. The van der Waals surface area contributed by atoms with Crippen LogP contribution in [0.4, 0.5) is 10.5 Å². The van der Waals surface area contributed by atoms with Crippen molar-refractivity contribution in [2.75, 3.05) is 11.9 Å². The molecule has 2 amide bonds. The molecule has 1 aromatic rings. The van der Waals surface area contributed by atoms with E-state index in [-0.39, 0.29) is 18.2 Å². The predicted molar refractivity (Wildman–Crippen MR) is 75.1 cm³/mol. The molecule has 0 aromatic heterocycles. The Hall–Kier alpha value is -0.820. The van der Waals surface area contributed by atoms with E-state index in [1.165, 1.54) is 0 Å². The number of amides is 2. The molecule has 0 unspecified atom stereocenters. The van der Waals surface area contributed by atoms with Gasteiger partial charge < -0.3 is 15.4 Å². The monoisotopic (exact) mass is 346 g/mol. The highest BCUT2D eigenvalue weighted by atomic mass is 127. The summed E-state index contributed by atoms with van der Waals surface area (Å²) in [4.78, 5) is 11.8. The van der Waals surface area contributed by atoms with Crippen molar-refractivity contribution in [3.63, 3.8) is 0 Å². The molecule has 2 rings (SSSR count). The Bertz CT molecular complexity index is 411. The van der Waals surface area contributed by atoms with Gasteiger partial charge in [0.15, 0.2) is 0 Å². The summed E-state index contributed by atoms with van der Waals surface area (Å²) in [6.45, 7) is 2.69. The molecule has 0 spiro atoms. The van der Waals surface area contributed by atoms with Crippen LogP contribution in [0.2, 0.25) is 0 Å².